The second-order valence-corrected chi connectivity index (χ2v) is 5.93. The van der Waals surface area contributed by atoms with Crippen LogP contribution in [0.5, 0.6) is 0 Å². The highest BCUT2D eigenvalue weighted by atomic mass is 32.1. The minimum atomic E-state index is 0.359. The van der Waals surface area contributed by atoms with Crippen molar-refractivity contribution in [1.82, 2.24) is 4.98 Å². The SMILES string of the molecule is COCCN(c1nc(C2CC2)c(C=O)s1)C(C)C. The van der Waals surface area contributed by atoms with Crippen molar-refractivity contribution in [3.05, 3.63) is 10.6 Å². The molecular weight excluding hydrogens is 248 g/mol. The Morgan fingerprint density at radius 2 is 2.28 bits per heavy atom. The summed E-state index contributed by atoms with van der Waals surface area (Å²) in [4.78, 5) is 18.8. The largest absolute Gasteiger partial charge is 0.383 e. The zero-order valence-electron chi connectivity index (χ0n) is 11.2. The van der Waals surface area contributed by atoms with Gasteiger partial charge in [-0.25, -0.2) is 4.98 Å². The molecule has 0 radical (unpaired) electrons. The number of ether oxygens (including phenoxy) is 1. The summed E-state index contributed by atoms with van der Waals surface area (Å²) in [7, 11) is 1.70. The maximum Gasteiger partial charge on any atom is 0.186 e. The fourth-order valence-electron chi connectivity index (χ4n) is 1.95. The smallest absolute Gasteiger partial charge is 0.186 e. The van der Waals surface area contributed by atoms with Crippen LogP contribution in [0.4, 0.5) is 5.13 Å². The molecule has 0 N–H and O–H groups in total. The van der Waals surface area contributed by atoms with Gasteiger partial charge in [0.2, 0.25) is 0 Å². The lowest BCUT2D eigenvalue weighted by Gasteiger charge is -2.25. The van der Waals surface area contributed by atoms with E-state index in [9.17, 15) is 4.79 Å². The first-order chi connectivity index (χ1) is 8.67. The van der Waals surface area contributed by atoms with E-state index in [1.54, 1.807) is 7.11 Å². The second kappa shape index (κ2) is 5.80. The summed E-state index contributed by atoms with van der Waals surface area (Å²) in [6.07, 6.45) is 3.29. The van der Waals surface area contributed by atoms with Gasteiger partial charge < -0.3 is 9.64 Å². The standard InChI is InChI=1S/C13H20N2O2S/c1-9(2)15(6-7-17-3)13-14-12(10-4-5-10)11(8-16)18-13/h8-10H,4-7H2,1-3H3. The summed E-state index contributed by atoms with van der Waals surface area (Å²) in [5.41, 5.74) is 1.01. The van der Waals surface area contributed by atoms with Crippen LogP contribution in [0.25, 0.3) is 0 Å². The lowest BCUT2D eigenvalue weighted by Crippen LogP contribution is -2.33. The normalized spacial score (nSPS) is 15.1. The Hall–Kier alpha value is -0.940. The van der Waals surface area contributed by atoms with Crippen molar-refractivity contribution in [1.29, 1.82) is 0 Å². The maximum atomic E-state index is 11.1. The molecule has 1 fully saturated rings. The predicted molar refractivity (Wildman–Crippen MR) is 73.8 cm³/mol. The Labute approximate surface area is 112 Å². The Balaban J connectivity index is 2.21. The van der Waals surface area contributed by atoms with E-state index in [0.717, 1.165) is 28.5 Å². The van der Waals surface area contributed by atoms with Crippen molar-refractivity contribution in [3.8, 4) is 0 Å². The van der Waals surface area contributed by atoms with Crippen LogP contribution in [-0.2, 0) is 4.74 Å². The van der Waals surface area contributed by atoms with E-state index in [-0.39, 0.29) is 0 Å². The highest BCUT2D eigenvalue weighted by Crippen LogP contribution is 2.43. The third kappa shape index (κ3) is 2.90. The van der Waals surface area contributed by atoms with Crippen LogP contribution in [0.3, 0.4) is 0 Å². The van der Waals surface area contributed by atoms with Crippen molar-refractivity contribution < 1.29 is 9.53 Å². The van der Waals surface area contributed by atoms with Crippen molar-refractivity contribution in [2.75, 3.05) is 25.2 Å². The number of carbonyl (C=O) groups is 1. The van der Waals surface area contributed by atoms with Crippen molar-refractivity contribution in [2.45, 2.75) is 38.6 Å². The Morgan fingerprint density at radius 1 is 1.56 bits per heavy atom. The number of carbonyl (C=O) groups excluding carboxylic acids is 1. The van der Waals surface area contributed by atoms with E-state index < -0.39 is 0 Å². The van der Waals surface area contributed by atoms with Gasteiger partial charge in [-0.05, 0) is 26.7 Å². The minimum Gasteiger partial charge on any atom is -0.383 e. The van der Waals surface area contributed by atoms with Crippen LogP contribution < -0.4 is 4.90 Å². The third-order valence-electron chi connectivity index (χ3n) is 3.15. The summed E-state index contributed by atoms with van der Waals surface area (Å²) < 4.78 is 5.13. The fourth-order valence-corrected chi connectivity index (χ4v) is 3.08. The molecule has 0 spiro atoms. The van der Waals surface area contributed by atoms with E-state index in [0.29, 0.717) is 18.6 Å². The van der Waals surface area contributed by atoms with Gasteiger partial charge in [0.25, 0.3) is 0 Å². The van der Waals surface area contributed by atoms with Crippen molar-refractivity contribution in [3.63, 3.8) is 0 Å². The van der Waals surface area contributed by atoms with Crippen LogP contribution in [-0.4, -0.2) is 37.6 Å². The summed E-state index contributed by atoms with van der Waals surface area (Å²) in [6.45, 7) is 5.75. The quantitative estimate of drug-likeness (QED) is 0.713. The van der Waals surface area contributed by atoms with Crippen molar-refractivity contribution >= 4 is 22.8 Å². The molecule has 5 heteroatoms. The van der Waals surface area contributed by atoms with Crippen LogP contribution >= 0.6 is 11.3 Å². The average Bonchev–Trinajstić information content (AvgIpc) is 3.10. The number of rotatable bonds is 7. The van der Waals surface area contributed by atoms with Gasteiger partial charge in [0.05, 0.1) is 17.2 Å². The van der Waals surface area contributed by atoms with Gasteiger partial charge in [0.15, 0.2) is 11.4 Å². The molecule has 0 aromatic carbocycles. The number of nitrogens with zero attached hydrogens (tertiary/aromatic N) is 2. The van der Waals surface area contributed by atoms with E-state index >= 15 is 0 Å². The molecule has 1 aromatic heterocycles. The molecule has 4 nitrogen and oxygen atoms in total. The van der Waals surface area contributed by atoms with E-state index in [1.807, 2.05) is 0 Å². The molecule has 100 valence electrons. The molecule has 1 aliphatic rings. The number of thiazole rings is 1. The van der Waals surface area contributed by atoms with Crippen molar-refractivity contribution in [2.24, 2.45) is 0 Å². The molecule has 18 heavy (non-hydrogen) atoms. The molecule has 0 amide bonds. The number of methoxy groups -OCH3 is 1. The monoisotopic (exact) mass is 268 g/mol. The second-order valence-electron chi connectivity index (χ2n) is 4.92. The summed E-state index contributed by atoms with van der Waals surface area (Å²) >= 11 is 1.51. The molecule has 0 bridgehead atoms. The summed E-state index contributed by atoms with van der Waals surface area (Å²) in [5.74, 6) is 0.520. The third-order valence-corrected chi connectivity index (χ3v) is 4.18. The van der Waals surface area contributed by atoms with Crippen LogP contribution in [0.2, 0.25) is 0 Å². The van der Waals surface area contributed by atoms with Gasteiger partial charge in [-0.1, -0.05) is 11.3 Å². The Kier molecular flexibility index (Phi) is 4.35. The van der Waals surface area contributed by atoms with Crippen LogP contribution in [0.1, 0.15) is 48.0 Å². The first kappa shape index (κ1) is 13.5. The Bertz CT molecular complexity index is 413. The lowest BCUT2D eigenvalue weighted by molar-refractivity contribution is 0.112. The molecular formula is C13H20N2O2S. The van der Waals surface area contributed by atoms with E-state index in [2.05, 4.69) is 23.7 Å². The molecule has 0 atom stereocenters. The summed E-state index contributed by atoms with van der Waals surface area (Å²) in [6, 6.07) is 0.359. The minimum absolute atomic E-state index is 0.359. The molecule has 1 aromatic rings. The zero-order valence-corrected chi connectivity index (χ0v) is 12.0. The molecule has 1 aliphatic carbocycles. The topological polar surface area (TPSA) is 42.4 Å². The Morgan fingerprint density at radius 3 is 2.78 bits per heavy atom. The van der Waals surface area contributed by atoms with Crippen LogP contribution in [0.15, 0.2) is 0 Å². The number of anilines is 1. The molecule has 1 heterocycles. The number of aromatic nitrogens is 1. The first-order valence-corrected chi connectivity index (χ1v) is 7.20. The molecule has 1 saturated carbocycles. The highest BCUT2D eigenvalue weighted by molar-refractivity contribution is 7.17. The maximum absolute atomic E-state index is 11.1. The average molecular weight is 268 g/mol. The molecule has 0 unspecified atom stereocenters. The molecule has 0 saturated heterocycles. The zero-order chi connectivity index (χ0) is 13.1. The number of hydrogen-bond acceptors (Lipinski definition) is 5. The van der Waals surface area contributed by atoms with E-state index in [1.165, 1.54) is 24.2 Å². The van der Waals surface area contributed by atoms with Gasteiger partial charge in [-0.2, -0.15) is 0 Å². The van der Waals surface area contributed by atoms with Gasteiger partial charge in [0, 0.05) is 25.6 Å². The first-order valence-electron chi connectivity index (χ1n) is 6.38. The van der Waals surface area contributed by atoms with Crippen LogP contribution in [0, 0.1) is 0 Å². The fraction of sp³-hybridized carbons (Fsp3) is 0.692. The number of aldehydes is 1. The highest BCUT2D eigenvalue weighted by Gasteiger charge is 2.30. The summed E-state index contributed by atoms with van der Waals surface area (Å²) in [5, 5.41) is 0.950. The molecule has 2 rings (SSSR count). The van der Waals surface area contributed by atoms with Gasteiger partial charge in [-0.3, -0.25) is 4.79 Å². The molecule has 0 aliphatic heterocycles. The number of hydrogen-bond donors (Lipinski definition) is 0. The predicted octanol–water partition coefficient (Wildman–Crippen LogP) is 2.69. The van der Waals surface area contributed by atoms with Gasteiger partial charge in [0.1, 0.15) is 0 Å². The van der Waals surface area contributed by atoms with E-state index in [4.69, 9.17) is 4.74 Å². The van der Waals surface area contributed by atoms with Gasteiger partial charge in [-0.15, -0.1) is 0 Å². The lowest BCUT2D eigenvalue weighted by atomic mass is 10.3. The van der Waals surface area contributed by atoms with Gasteiger partial charge >= 0.3 is 0 Å².